The summed E-state index contributed by atoms with van der Waals surface area (Å²) in [4.78, 5) is 22.5. The molecule has 7 nitrogen and oxygen atoms in total. The lowest BCUT2D eigenvalue weighted by atomic mass is 10.1. The van der Waals surface area contributed by atoms with E-state index in [2.05, 4.69) is 15.5 Å². The maximum Gasteiger partial charge on any atom is 0.339 e. The van der Waals surface area contributed by atoms with Crippen LogP contribution in [0.2, 0.25) is 0 Å². The second kappa shape index (κ2) is 5.13. The van der Waals surface area contributed by atoms with Gasteiger partial charge in [-0.1, -0.05) is 0 Å². The van der Waals surface area contributed by atoms with Crippen LogP contribution in [0.1, 0.15) is 20.7 Å². The molecule has 0 aliphatic carbocycles. The Balaban J connectivity index is 2.19. The number of nitrogens with zero attached hydrogens (tertiary/aromatic N) is 2. The van der Waals surface area contributed by atoms with E-state index in [9.17, 15) is 14.7 Å². The van der Waals surface area contributed by atoms with E-state index < -0.39 is 17.6 Å². The van der Waals surface area contributed by atoms with Crippen molar-refractivity contribution in [1.29, 1.82) is 0 Å². The summed E-state index contributed by atoms with van der Waals surface area (Å²) >= 11 is 0. The fourth-order valence-corrected chi connectivity index (χ4v) is 1.42. The lowest BCUT2D eigenvalue weighted by molar-refractivity contribution is 0.0693. The summed E-state index contributed by atoms with van der Waals surface area (Å²) in [5.41, 5.74) is 0.352. The Kier molecular flexibility index (Phi) is 3.37. The van der Waals surface area contributed by atoms with Crippen molar-refractivity contribution in [2.75, 3.05) is 5.32 Å². The largest absolute Gasteiger partial charge is 0.507 e. The zero-order chi connectivity index (χ0) is 13.8. The van der Waals surface area contributed by atoms with Crippen LogP contribution in [0.5, 0.6) is 5.75 Å². The molecule has 3 N–H and O–H groups in total. The highest BCUT2D eigenvalue weighted by Gasteiger charge is 2.11. The predicted molar refractivity (Wildman–Crippen MR) is 65.1 cm³/mol. The minimum atomic E-state index is -1.24. The fourth-order valence-electron chi connectivity index (χ4n) is 1.42. The van der Waals surface area contributed by atoms with Crippen molar-refractivity contribution in [3.8, 4) is 5.75 Å². The molecule has 0 saturated heterocycles. The summed E-state index contributed by atoms with van der Waals surface area (Å²) in [6, 6.07) is 5.23. The molecule has 0 saturated carbocycles. The van der Waals surface area contributed by atoms with Crippen LogP contribution in [-0.2, 0) is 0 Å². The van der Waals surface area contributed by atoms with Gasteiger partial charge >= 0.3 is 5.97 Å². The minimum Gasteiger partial charge on any atom is -0.507 e. The van der Waals surface area contributed by atoms with Gasteiger partial charge in [-0.2, -0.15) is 10.2 Å². The third-order valence-electron chi connectivity index (χ3n) is 2.33. The third kappa shape index (κ3) is 2.83. The first-order valence-corrected chi connectivity index (χ1v) is 5.22. The summed E-state index contributed by atoms with van der Waals surface area (Å²) in [5.74, 6) is -2.09. The van der Waals surface area contributed by atoms with E-state index in [1.807, 2.05) is 0 Å². The number of rotatable bonds is 3. The zero-order valence-corrected chi connectivity index (χ0v) is 9.57. The van der Waals surface area contributed by atoms with Crippen LogP contribution in [0.15, 0.2) is 36.7 Å². The van der Waals surface area contributed by atoms with Gasteiger partial charge in [-0.15, -0.1) is 0 Å². The average Bonchev–Trinajstić information content (AvgIpc) is 2.39. The molecule has 0 aliphatic rings. The SMILES string of the molecule is O=C(Nc1ccc(C(=O)O)c(O)c1)c1ccnnc1. The maximum absolute atomic E-state index is 11.8. The van der Waals surface area contributed by atoms with Gasteiger partial charge in [-0.05, 0) is 18.2 Å². The molecule has 0 unspecified atom stereocenters. The van der Waals surface area contributed by atoms with Crippen molar-refractivity contribution in [2.24, 2.45) is 0 Å². The van der Waals surface area contributed by atoms with Gasteiger partial charge in [-0.25, -0.2) is 4.79 Å². The second-order valence-electron chi connectivity index (χ2n) is 3.62. The molecular weight excluding hydrogens is 250 g/mol. The van der Waals surface area contributed by atoms with Crippen molar-refractivity contribution >= 4 is 17.6 Å². The van der Waals surface area contributed by atoms with E-state index in [1.165, 1.54) is 30.6 Å². The Morgan fingerprint density at radius 2 is 1.95 bits per heavy atom. The molecule has 0 radical (unpaired) electrons. The van der Waals surface area contributed by atoms with Crippen LogP contribution >= 0.6 is 0 Å². The predicted octanol–water partition coefficient (Wildman–Crippen LogP) is 1.13. The van der Waals surface area contributed by atoms with Gasteiger partial charge < -0.3 is 15.5 Å². The highest BCUT2D eigenvalue weighted by atomic mass is 16.4. The molecule has 7 heteroatoms. The number of carboxylic acid groups (broad SMARTS) is 1. The quantitative estimate of drug-likeness (QED) is 0.761. The number of aromatic hydroxyl groups is 1. The molecular formula is C12H9N3O4. The smallest absolute Gasteiger partial charge is 0.339 e. The number of amides is 1. The van der Waals surface area contributed by atoms with Crippen molar-refractivity contribution < 1.29 is 19.8 Å². The van der Waals surface area contributed by atoms with Crippen LogP contribution in [0.4, 0.5) is 5.69 Å². The van der Waals surface area contributed by atoms with Crippen LogP contribution in [0, 0.1) is 0 Å². The fraction of sp³-hybridized carbons (Fsp3) is 0. The number of nitrogens with one attached hydrogen (secondary N) is 1. The van der Waals surface area contributed by atoms with E-state index in [-0.39, 0.29) is 11.3 Å². The average molecular weight is 259 g/mol. The monoisotopic (exact) mass is 259 g/mol. The van der Waals surface area contributed by atoms with Gasteiger partial charge in [0.25, 0.3) is 5.91 Å². The minimum absolute atomic E-state index is 0.233. The maximum atomic E-state index is 11.8. The Morgan fingerprint density at radius 3 is 2.53 bits per heavy atom. The standard InChI is InChI=1S/C12H9N3O4/c16-10-5-8(1-2-9(10)12(18)19)15-11(17)7-3-4-13-14-6-7/h1-6,16H,(H,15,17)(H,18,19). The van der Waals surface area contributed by atoms with Crippen molar-refractivity contribution in [3.63, 3.8) is 0 Å². The molecule has 1 heterocycles. The molecule has 0 aliphatic heterocycles. The number of aromatic carboxylic acids is 1. The lowest BCUT2D eigenvalue weighted by Crippen LogP contribution is -2.12. The summed E-state index contributed by atoms with van der Waals surface area (Å²) in [5, 5.41) is 27.9. The number of carbonyl (C=O) groups is 2. The molecule has 0 spiro atoms. The third-order valence-corrected chi connectivity index (χ3v) is 2.33. The van der Waals surface area contributed by atoms with Crippen molar-refractivity contribution in [1.82, 2.24) is 10.2 Å². The molecule has 2 rings (SSSR count). The Labute approximate surface area is 107 Å². The van der Waals surface area contributed by atoms with Gasteiger partial charge in [0.2, 0.25) is 0 Å². The first kappa shape index (κ1) is 12.5. The van der Waals surface area contributed by atoms with E-state index >= 15 is 0 Å². The van der Waals surface area contributed by atoms with Crippen LogP contribution in [0.3, 0.4) is 0 Å². The number of phenols is 1. The van der Waals surface area contributed by atoms with Gasteiger partial charge in [0.05, 0.1) is 18.0 Å². The Bertz CT molecular complexity index is 628. The molecule has 1 amide bonds. The number of aromatic nitrogens is 2. The number of hydrogen-bond acceptors (Lipinski definition) is 5. The summed E-state index contributed by atoms with van der Waals surface area (Å²) in [6.45, 7) is 0. The molecule has 19 heavy (non-hydrogen) atoms. The van der Waals surface area contributed by atoms with E-state index in [4.69, 9.17) is 5.11 Å². The number of benzene rings is 1. The Morgan fingerprint density at radius 1 is 1.16 bits per heavy atom. The van der Waals surface area contributed by atoms with Gasteiger partial charge in [0.15, 0.2) is 0 Å². The molecule has 2 aromatic rings. The van der Waals surface area contributed by atoms with Gasteiger partial charge in [0.1, 0.15) is 11.3 Å². The highest BCUT2D eigenvalue weighted by molar-refractivity contribution is 6.04. The van der Waals surface area contributed by atoms with Gasteiger partial charge in [0, 0.05) is 11.8 Å². The molecule has 1 aromatic carbocycles. The van der Waals surface area contributed by atoms with Crippen LogP contribution < -0.4 is 5.32 Å². The number of carbonyl (C=O) groups excluding carboxylic acids is 1. The molecule has 0 atom stereocenters. The van der Waals surface area contributed by atoms with E-state index in [0.717, 1.165) is 6.07 Å². The first-order chi connectivity index (χ1) is 9.08. The number of anilines is 1. The van der Waals surface area contributed by atoms with Crippen LogP contribution in [0.25, 0.3) is 0 Å². The number of carboxylic acids is 1. The first-order valence-electron chi connectivity index (χ1n) is 5.22. The number of hydrogen-bond donors (Lipinski definition) is 3. The topological polar surface area (TPSA) is 112 Å². The van der Waals surface area contributed by atoms with E-state index in [1.54, 1.807) is 0 Å². The molecule has 0 bridgehead atoms. The zero-order valence-electron chi connectivity index (χ0n) is 9.57. The summed E-state index contributed by atoms with van der Waals surface area (Å²) < 4.78 is 0. The van der Waals surface area contributed by atoms with Crippen molar-refractivity contribution in [2.45, 2.75) is 0 Å². The second-order valence-corrected chi connectivity index (χ2v) is 3.62. The molecule has 1 aromatic heterocycles. The normalized spacial score (nSPS) is 9.89. The molecule has 96 valence electrons. The van der Waals surface area contributed by atoms with Crippen molar-refractivity contribution in [3.05, 3.63) is 47.8 Å². The van der Waals surface area contributed by atoms with Crippen LogP contribution in [-0.4, -0.2) is 32.3 Å². The molecule has 0 fully saturated rings. The van der Waals surface area contributed by atoms with Gasteiger partial charge in [-0.3, -0.25) is 4.79 Å². The summed E-state index contributed by atoms with van der Waals surface area (Å²) in [7, 11) is 0. The lowest BCUT2D eigenvalue weighted by Gasteiger charge is -2.06. The van der Waals surface area contributed by atoms with E-state index in [0.29, 0.717) is 5.56 Å². The highest BCUT2D eigenvalue weighted by Crippen LogP contribution is 2.22. The Hall–Kier alpha value is -2.96. The summed E-state index contributed by atoms with van der Waals surface area (Å²) in [6.07, 6.45) is 2.67.